The molecule has 128 valence electrons. The van der Waals surface area contributed by atoms with Crippen LogP contribution in [0.1, 0.15) is 11.3 Å². The van der Waals surface area contributed by atoms with Gasteiger partial charge in [0.1, 0.15) is 5.76 Å². The van der Waals surface area contributed by atoms with Gasteiger partial charge < -0.3 is 9.73 Å². The summed E-state index contributed by atoms with van der Waals surface area (Å²) in [6.07, 6.45) is 5.53. The van der Waals surface area contributed by atoms with Crippen LogP contribution in [0.2, 0.25) is 0 Å². The monoisotopic (exact) mass is 342 g/mol. The van der Waals surface area contributed by atoms with Crippen LogP contribution >= 0.6 is 0 Å². The second kappa shape index (κ2) is 8.77. The number of nitro benzene ring substituents is 1. The van der Waals surface area contributed by atoms with Gasteiger partial charge in [0.2, 0.25) is 5.91 Å². The number of amides is 2. The average molecular weight is 342 g/mol. The summed E-state index contributed by atoms with van der Waals surface area (Å²) in [5, 5.41) is 16.6. The molecular weight excluding hydrogens is 328 g/mol. The van der Waals surface area contributed by atoms with Crippen molar-refractivity contribution < 1.29 is 18.9 Å². The number of hydrazone groups is 1. The van der Waals surface area contributed by atoms with Crippen molar-refractivity contribution in [3.05, 3.63) is 70.2 Å². The summed E-state index contributed by atoms with van der Waals surface area (Å²) < 4.78 is 5.02. The summed E-state index contributed by atoms with van der Waals surface area (Å²) in [5.41, 5.74) is 2.78. The Labute approximate surface area is 142 Å². The number of benzene rings is 1. The molecule has 1 heterocycles. The molecule has 9 heteroatoms. The Morgan fingerprint density at radius 1 is 1.24 bits per heavy atom. The number of carbonyl (C=O) groups excluding carboxylic acids is 2. The number of furan rings is 1. The van der Waals surface area contributed by atoms with Crippen LogP contribution in [0.3, 0.4) is 0 Å². The summed E-state index contributed by atoms with van der Waals surface area (Å²) in [4.78, 5) is 33.1. The minimum Gasteiger partial charge on any atom is -0.465 e. The van der Waals surface area contributed by atoms with Crippen molar-refractivity contribution >= 4 is 29.8 Å². The zero-order chi connectivity index (χ0) is 18.1. The van der Waals surface area contributed by atoms with E-state index in [1.54, 1.807) is 12.1 Å². The fourth-order valence-electron chi connectivity index (χ4n) is 1.67. The van der Waals surface area contributed by atoms with E-state index in [0.717, 1.165) is 0 Å². The minimum atomic E-state index is -0.516. The largest absolute Gasteiger partial charge is 0.465 e. The smallest absolute Gasteiger partial charge is 0.269 e. The lowest BCUT2D eigenvalue weighted by Gasteiger charge is -2.00. The molecule has 2 amide bonds. The van der Waals surface area contributed by atoms with E-state index in [1.807, 2.05) is 0 Å². The molecule has 0 saturated carbocycles. The predicted molar refractivity (Wildman–Crippen MR) is 89.6 cm³/mol. The second-order valence-electron chi connectivity index (χ2n) is 4.71. The maximum absolute atomic E-state index is 11.5. The normalized spacial score (nSPS) is 10.9. The van der Waals surface area contributed by atoms with Gasteiger partial charge in [-0.05, 0) is 35.9 Å². The van der Waals surface area contributed by atoms with Crippen LogP contribution < -0.4 is 10.7 Å². The zero-order valence-electron chi connectivity index (χ0n) is 12.9. The minimum absolute atomic E-state index is 0.0356. The predicted octanol–water partition coefficient (Wildman–Crippen LogP) is 1.47. The molecule has 0 aliphatic carbocycles. The SMILES string of the molecule is O=C(C=Cc1ccco1)NCC(=O)NN=Cc1ccc([N+](=O)[O-])cc1. The van der Waals surface area contributed by atoms with E-state index in [2.05, 4.69) is 15.8 Å². The molecule has 1 aromatic heterocycles. The van der Waals surface area contributed by atoms with Crippen LogP contribution in [0.15, 0.2) is 58.3 Å². The Balaban J connectivity index is 1.72. The highest BCUT2D eigenvalue weighted by molar-refractivity contribution is 5.94. The van der Waals surface area contributed by atoms with E-state index in [-0.39, 0.29) is 12.2 Å². The summed E-state index contributed by atoms with van der Waals surface area (Å²) in [7, 11) is 0. The number of non-ortho nitro benzene ring substituents is 1. The summed E-state index contributed by atoms with van der Waals surface area (Å²) >= 11 is 0. The topological polar surface area (TPSA) is 127 Å². The summed E-state index contributed by atoms with van der Waals surface area (Å²) in [6, 6.07) is 9.02. The lowest BCUT2D eigenvalue weighted by atomic mass is 10.2. The third kappa shape index (κ3) is 6.10. The highest BCUT2D eigenvalue weighted by Crippen LogP contribution is 2.10. The molecule has 0 radical (unpaired) electrons. The second-order valence-corrected chi connectivity index (χ2v) is 4.71. The molecular formula is C16H14N4O5. The van der Waals surface area contributed by atoms with Gasteiger partial charge in [0.25, 0.3) is 11.6 Å². The molecule has 2 aromatic rings. The number of nitro groups is 1. The Morgan fingerprint density at radius 2 is 2.00 bits per heavy atom. The van der Waals surface area contributed by atoms with Gasteiger partial charge in [0.05, 0.1) is 23.9 Å². The first-order valence-electron chi connectivity index (χ1n) is 7.10. The van der Waals surface area contributed by atoms with Gasteiger partial charge in [-0.2, -0.15) is 5.10 Å². The molecule has 25 heavy (non-hydrogen) atoms. The highest BCUT2D eigenvalue weighted by Gasteiger charge is 2.03. The van der Waals surface area contributed by atoms with Gasteiger partial charge in [0, 0.05) is 18.2 Å². The average Bonchev–Trinajstić information content (AvgIpc) is 3.12. The highest BCUT2D eigenvalue weighted by atomic mass is 16.6. The van der Waals surface area contributed by atoms with Crippen molar-refractivity contribution in [3.63, 3.8) is 0 Å². The molecule has 0 spiro atoms. The first-order valence-corrected chi connectivity index (χ1v) is 7.10. The van der Waals surface area contributed by atoms with Crippen molar-refractivity contribution in [1.29, 1.82) is 0 Å². The van der Waals surface area contributed by atoms with Crippen LogP contribution in [0.25, 0.3) is 6.08 Å². The molecule has 0 aliphatic rings. The molecule has 1 aromatic carbocycles. The number of hydrogen-bond acceptors (Lipinski definition) is 6. The van der Waals surface area contributed by atoms with Crippen molar-refractivity contribution in [1.82, 2.24) is 10.7 Å². The molecule has 2 N–H and O–H groups in total. The lowest BCUT2D eigenvalue weighted by Crippen LogP contribution is -2.34. The van der Waals surface area contributed by atoms with E-state index in [0.29, 0.717) is 11.3 Å². The van der Waals surface area contributed by atoms with Crippen molar-refractivity contribution in [3.8, 4) is 0 Å². The van der Waals surface area contributed by atoms with E-state index < -0.39 is 16.7 Å². The van der Waals surface area contributed by atoms with E-state index in [4.69, 9.17) is 4.42 Å². The van der Waals surface area contributed by atoms with E-state index >= 15 is 0 Å². The maximum atomic E-state index is 11.5. The first-order chi connectivity index (χ1) is 12.0. The number of nitrogens with one attached hydrogen (secondary N) is 2. The Hall–Kier alpha value is -3.75. The number of rotatable bonds is 7. The van der Waals surface area contributed by atoms with Gasteiger partial charge in [-0.15, -0.1) is 0 Å². The Kier molecular flexibility index (Phi) is 6.18. The van der Waals surface area contributed by atoms with Gasteiger partial charge in [0.15, 0.2) is 0 Å². The molecule has 0 atom stereocenters. The number of hydrogen-bond donors (Lipinski definition) is 2. The summed E-state index contributed by atoms with van der Waals surface area (Å²) in [6.45, 7) is -0.251. The van der Waals surface area contributed by atoms with Gasteiger partial charge in [-0.1, -0.05) is 0 Å². The first kappa shape index (κ1) is 17.6. The van der Waals surface area contributed by atoms with Crippen LogP contribution in [0.5, 0.6) is 0 Å². The van der Waals surface area contributed by atoms with E-state index in [9.17, 15) is 19.7 Å². The van der Waals surface area contributed by atoms with Gasteiger partial charge >= 0.3 is 0 Å². The van der Waals surface area contributed by atoms with Crippen molar-refractivity contribution in [2.45, 2.75) is 0 Å². The summed E-state index contributed by atoms with van der Waals surface area (Å²) in [5.74, 6) is -0.448. The molecule has 9 nitrogen and oxygen atoms in total. The van der Waals surface area contributed by atoms with Crippen LogP contribution in [0.4, 0.5) is 5.69 Å². The van der Waals surface area contributed by atoms with Gasteiger partial charge in [-0.25, -0.2) is 5.43 Å². The molecule has 2 rings (SSSR count). The lowest BCUT2D eigenvalue weighted by molar-refractivity contribution is -0.384. The third-order valence-electron chi connectivity index (χ3n) is 2.87. The maximum Gasteiger partial charge on any atom is 0.269 e. The Bertz CT molecular complexity index is 794. The van der Waals surface area contributed by atoms with Gasteiger partial charge in [-0.3, -0.25) is 19.7 Å². The van der Waals surface area contributed by atoms with Crippen molar-refractivity contribution in [2.24, 2.45) is 5.10 Å². The quantitative estimate of drug-likeness (QED) is 0.341. The third-order valence-corrected chi connectivity index (χ3v) is 2.87. The zero-order valence-corrected chi connectivity index (χ0v) is 12.9. The standard InChI is InChI=1S/C16H14N4O5/c21-15(8-7-14-2-1-9-25-14)17-11-16(22)19-18-10-12-3-5-13(6-4-12)20(23)24/h1-10H,11H2,(H,17,21)(H,19,22). The number of carbonyl (C=O) groups is 2. The fraction of sp³-hybridized carbons (Fsp3) is 0.0625. The fourth-order valence-corrected chi connectivity index (χ4v) is 1.67. The van der Waals surface area contributed by atoms with E-state index in [1.165, 1.54) is 48.9 Å². The molecule has 0 aliphatic heterocycles. The van der Waals surface area contributed by atoms with Crippen LogP contribution in [-0.2, 0) is 9.59 Å². The van der Waals surface area contributed by atoms with Crippen LogP contribution in [-0.4, -0.2) is 29.5 Å². The molecule has 0 bridgehead atoms. The van der Waals surface area contributed by atoms with Crippen molar-refractivity contribution in [2.75, 3.05) is 6.54 Å². The number of nitrogens with zero attached hydrogens (tertiary/aromatic N) is 2. The molecule has 0 saturated heterocycles. The van der Waals surface area contributed by atoms with Crippen LogP contribution in [0, 0.1) is 10.1 Å². The molecule has 0 fully saturated rings. The molecule has 0 unspecified atom stereocenters. The Morgan fingerprint density at radius 3 is 2.64 bits per heavy atom.